The van der Waals surface area contributed by atoms with Gasteiger partial charge in [0.25, 0.3) is 0 Å². The molecule has 1 aromatic carbocycles. The van der Waals surface area contributed by atoms with Crippen molar-refractivity contribution in [3.63, 3.8) is 0 Å². The summed E-state index contributed by atoms with van der Waals surface area (Å²) in [4.78, 5) is 0.0917. The molecule has 0 atom stereocenters. The quantitative estimate of drug-likeness (QED) is 0.810. The molecule has 0 radical (unpaired) electrons. The third-order valence-corrected chi connectivity index (χ3v) is 4.14. The van der Waals surface area contributed by atoms with Gasteiger partial charge in [-0.15, -0.1) is 0 Å². The molecule has 0 spiro atoms. The first-order chi connectivity index (χ1) is 8.88. The number of benzene rings is 1. The lowest BCUT2D eigenvalue weighted by molar-refractivity contribution is 0.580. The molecular weight excluding hydrogens is 264 g/mol. The van der Waals surface area contributed by atoms with Crippen molar-refractivity contribution in [1.82, 2.24) is 14.5 Å². The van der Waals surface area contributed by atoms with Crippen LogP contribution >= 0.6 is 0 Å². The van der Waals surface area contributed by atoms with Gasteiger partial charge < -0.3 is 5.73 Å². The summed E-state index contributed by atoms with van der Waals surface area (Å²) in [6, 6.07) is 6.60. The smallest absolute Gasteiger partial charge is 0.242 e. The van der Waals surface area contributed by atoms with Gasteiger partial charge in [0.2, 0.25) is 10.0 Å². The lowest BCUT2D eigenvalue weighted by Crippen LogP contribution is -2.24. The van der Waals surface area contributed by atoms with Crippen molar-refractivity contribution in [2.24, 2.45) is 7.05 Å². The fourth-order valence-corrected chi connectivity index (χ4v) is 2.83. The number of nitrogens with one attached hydrogen (secondary N) is 1. The predicted octanol–water partition coefficient (Wildman–Crippen LogP) is 0.789. The molecule has 1 aromatic heterocycles. The van der Waals surface area contributed by atoms with E-state index in [0.29, 0.717) is 5.69 Å². The maximum atomic E-state index is 12.1. The summed E-state index contributed by atoms with van der Waals surface area (Å²) in [5.74, 6) is 0. The van der Waals surface area contributed by atoms with Gasteiger partial charge in [-0.3, -0.25) is 4.68 Å². The topological polar surface area (TPSA) is 90.0 Å². The molecule has 0 saturated heterocycles. The number of nitrogens with two attached hydrogens (primary N) is 1. The van der Waals surface area contributed by atoms with Crippen LogP contribution in [0.2, 0.25) is 0 Å². The van der Waals surface area contributed by atoms with E-state index >= 15 is 0 Å². The molecule has 0 saturated carbocycles. The van der Waals surface area contributed by atoms with Crippen LogP contribution in [0, 0.1) is 6.92 Å². The first kappa shape index (κ1) is 13.6. The first-order valence-electron chi connectivity index (χ1n) is 5.73. The number of rotatable bonds is 4. The minimum absolute atomic E-state index is 0.0917. The molecule has 3 N–H and O–H groups in total. The van der Waals surface area contributed by atoms with Gasteiger partial charge in [0, 0.05) is 13.2 Å². The molecule has 2 aromatic rings. The lowest BCUT2D eigenvalue weighted by atomic mass is 10.2. The summed E-state index contributed by atoms with van der Waals surface area (Å²) in [5.41, 5.74) is 7.55. The zero-order chi connectivity index (χ0) is 14.0. The molecule has 7 heteroatoms. The summed E-state index contributed by atoms with van der Waals surface area (Å²) >= 11 is 0. The molecule has 19 heavy (non-hydrogen) atoms. The number of anilines is 1. The minimum Gasteiger partial charge on any atom is -0.398 e. The van der Waals surface area contributed by atoms with Crippen LogP contribution in [0.25, 0.3) is 0 Å². The summed E-state index contributed by atoms with van der Waals surface area (Å²) in [6.45, 7) is 1.99. The molecule has 0 aliphatic rings. The molecule has 0 fully saturated rings. The zero-order valence-electron chi connectivity index (χ0n) is 10.8. The largest absolute Gasteiger partial charge is 0.398 e. The lowest BCUT2D eigenvalue weighted by Gasteiger charge is -2.08. The number of aryl methyl sites for hydroxylation is 2. The van der Waals surface area contributed by atoms with Gasteiger partial charge >= 0.3 is 0 Å². The molecule has 0 aliphatic carbocycles. The van der Waals surface area contributed by atoms with E-state index in [1.54, 1.807) is 36.1 Å². The van der Waals surface area contributed by atoms with Gasteiger partial charge in [-0.2, -0.15) is 5.10 Å². The Labute approximate surface area is 112 Å². The van der Waals surface area contributed by atoms with E-state index in [0.717, 1.165) is 5.56 Å². The number of nitrogens with zero attached hydrogens (tertiary/aromatic N) is 2. The van der Waals surface area contributed by atoms with Gasteiger partial charge in [-0.25, -0.2) is 13.1 Å². The van der Waals surface area contributed by atoms with Gasteiger partial charge in [0.05, 0.1) is 17.9 Å². The molecule has 6 nitrogen and oxygen atoms in total. The minimum atomic E-state index is -3.62. The van der Waals surface area contributed by atoms with Gasteiger partial charge in [0.1, 0.15) is 4.90 Å². The fourth-order valence-electron chi connectivity index (χ4n) is 1.72. The molecule has 2 rings (SSSR count). The van der Waals surface area contributed by atoms with Crippen LogP contribution < -0.4 is 10.5 Å². The van der Waals surface area contributed by atoms with Crippen LogP contribution in [0.5, 0.6) is 0 Å². The van der Waals surface area contributed by atoms with Crippen LogP contribution in [0.3, 0.4) is 0 Å². The SMILES string of the molecule is Cc1ccc(S(=O)(=O)NCc2ccn(C)n2)c(N)c1. The van der Waals surface area contributed by atoms with E-state index in [2.05, 4.69) is 9.82 Å². The van der Waals surface area contributed by atoms with Crippen molar-refractivity contribution in [2.45, 2.75) is 18.4 Å². The van der Waals surface area contributed by atoms with E-state index in [1.165, 1.54) is 6.07 Å². The summed E-state index contributed by atoms with van der Waals surface area (Å²) in [5, 5.41) is 4.10. The van der Waals surface area contributed by atoms with E-state index in [1.807, 2.05) is 6.92 Å². The average molecular weight is 280 g/mol. The van der Waals surface area contributed by atoms with Gasteiger partial charge in [-0.05, 0) is 30.7 Å². The van der Waals surface area contributed by atoms with Crippen molar-refractivity contribution in [2.75, 3.05) is 5.73 Å². The molecule has 102 valence electrons. The average Bonchev–Trinajstić information content (AvgIpc) is 2.72. The third kappa shape index (κ3) is 3.12. The second-order valence-corrected chi connectivity index (χ2v) is 6.08. The number of aromatic nitrogens is 2. The number of sulfonamides is 1. The Morgan fingerprint density at radius 2 is 2.11 bits per heavy atom. The molecule has 0 aliphatic heterocycles. The predicted molar refractivity (Wildman–Crippen MR) is 72.8 cm³/mol. The van der Waals surface area contributed by atoms with Crippen LogP contribution in [-0.2, 0) is 23.6 Å². The maximum Gasteiger partial charge on any atom is 0.242 e. The summed E-state index contributed by atoms with van der Waals surface area (Å²) in [6.07, 6.45) is 1.75. The normalized spacial score (nSPS) is 11.7. The second kappa shape index (κ2) is 5.02. The van der Waals surface area contributed by atoms with E-state index in [-0.39, 0.29) is 17.1 Å². The molecule has 1 heterocycles. The molecule has 0 unspecified atom stereocenters. The highest BCUT2D eigenvalue weighted by atomic mass is 32.2. The molecular formula is C12H16N4O2S. The molecule has 0 bridgehead atoms. The van der Waals surface area contributed by atoms with E-state index in [9.17, 15) is 8.42 Å². The second-order valence-electron chi connectivity index (χ2n) is 4.35. The van der Waals surface area contributed by atoms with Crippen molar-refractivity contribution >= 4 is 15.7 Å². The number of nitrogen functional groups attached to an aromatic ring is 1. The van der Waals surface area contributed by atoms with Crippen molar-refractivity contribution in [3.05, 3.63) is 41.7 Å². The highest BCUT2D eigenvalue weighted by molar-refractivity contribution is 7.89. The monoisotopic (exact) mass is 280 g/mol. The number of hydrogen-bond acceptors (Lipinski definition) is 4. The standard InChI is InChI=1S/C12H16N4O2S/c1-9-3-4-12(11(13)7-9)19(17,18)14-8-10-5-6-16(2)15-10/h3-7,14H,8,13H2,1-2H3. The fraction of sp³-hybridized carbons (Fsp3) is 0.250. The summed E-state index contributed by atoms with van der Waals surface area (Å²) in [7, 11) is -1.85. The van der Waals surface area contributed by atoms with Gasteiger partial charge in [0.15, 0.2) is 0 Å². The Hall–Kier alpha value is -1.86. The maximum absolute atomic E-state index is 12.1. The Morgan fingerprint density at radius 3 is 2.68 bits per heavy atom. The van der Waals surface area contributed by atoms with Crippen LogP contribution in [0.4, 0.5) is 5.69 Å². The van der Waals surface area contributed by atoms with Crippen LogP contribution in [0.1, 0.15) is 11.3 Å². The van der Waals surface area contributed by atoms with Crippen molar-refractivity contribution in [3.8, 4) is 0 Å². The Balaban J connectivity index is 2.18. The Morgan fingerprint density at radius 1 is 1.37 bits per heavy atom. The third-order valence-electron chi connectivity index (χ3n) is 2.67. The van der Waals surface area contributed by atoms with Crippen molar-refractivity contribution < 1.29 is 8.42 Å². The zero-order valence-corrected chi connectivity index (χ0v) is 11.6. The first-order valence-corrected chi connectivity index (χ1v) is 7.21. The van der Waals surface area contributed by atoms with Crippen LogP contribution in [0.15, 0.2) is 35.4 Å². The van der Waals surface area contributed by atoms with E-state index < -0.39 is 10.0 Å². The molecule has 0 amide bonds. The highest BCUT2D eigenvalue weighted by Gasteiger charge is 2.17. The summed E-state index contributed by atoms with van der Waals surface area (Å²) < 4.78 is 28.3. The highest BCUT2D eigenvalue weighted by Crippen LogP contribution is 2.19. The Kier molecular flexibility index (Phi) is 3.59. The number of hydrogen-bond donors (Lipinski definition) is 2. The van der Waals surface area contributed by atoms with E-state index in [4.69, 9.17) is 5.73 Å². The Bertz CT molecular complexity index is 692. The van der Waals surface area contributed by atoms with Gasteiger partial charge in [-0.1, -0.05) is 6.07 Å². The van der Waals surface area contributed by atoms with Crippen molar-refractivity contribution in [1.29, 1.82) is 0 Å². The van der Waals surface area contributed by atoms with Crippen LogP contribution in [-0.4, -0.2) is 18.2 Å².